The van der Waals surface area contributed by atoms with Crippen molar-refractivity contribution in [3.63, 3.8) is 0 Å². The van der Waals surface area contributed by atoms with Crippen molar-refractivity contribution in [2.24, 2.45) is 0 Å². The van der Waals surface area contributed by atoms with Gasteiger partial charge in [-0.25, -0.2) is 13.1 Å². The Labute approximate surface area is 173 Å². The third kappa shape index (κ3) is 4.09. The number of sulfonamides is 1. The molecule has 0 aromatic heterocycles. The normalized spacial score (nSPS) is 17.4. The number of hydrogen-bond donors (Lipinski definition) is 1. The van der Waals surface area contributed by atoms with Crippen molar-refractivity contribution in [2.45, 2.75) is 63.3 Å². The zero-order chi connectivity index (χ0) is 20.6. The van der Waals surface area contributed by atoms with Crippen molar-refractivity contribution in [3.8, 4) is 0 Å². The van der Waals surface area contributed by atoms with E-state index in [1.807, 2.05) is 13.0 Å². The summed E-state index contributed by atoms with van der Waals surface area (Å²) in [5, 5.41) is 0. The first-order chi connectivity index (χ1) is 13.8. The van der Waals surface area contributed by atoms with Gasteiger partial charge in [0.25, 0.3) is 0 Å². The average molecular weight is 413 g/mol. The molecule has 1 atom stereocenters. The molecule has 1 heterocycles. The Hall–Kier alpha value is -2.18. The molecule has 1 N–H and O–H groups in total. The van der Waals surface area contributed by atoms with E-state index in [2.05, 4.69) is 16.9 Å². The molecule has 6 heteroatoms. The molecule has 2 aromatic carbocycles. The van der Waals surface area contributed by atoms with Crippen molar-refractivity contribution in [3.05, 3.63) is 58.7 Å². The number of amides is 1. The number of rotatable bonds is 4. The molecule has 2 aromatic rings. The lowest BCUT2D eigenvalue weighted by Crippen LogP contribution is -2.34. The summed E-state index contributed by atoms with van der Waals surface area (Å²) < 4.78 is 28.9. The average Bonchev–Trinajstić information content (AvgIpc) is 2.72. The number of nitrogens with one attached hydrogen (secondary N) is 1. The lowest BCUT2D eigenvalue weighted by Gasteiger charge is -2.29. The zero-order valence-corrected chi connectivity index (χ0v) is 17.9. The van der Waals surface area contributed by atoms with Crippen LogP contribution in [0.1, 0.15) is 61.4 Å². The maximum atomic E-state index is 13.0. The molecular weight excluding hydrogens is 384 g/mol. The van der Waals surface area contributed by atoms with E-state index in [-0.39, 0.29) is 16.8 Å². The number of carbonyl (C=O) groups excluding carboxylic acids is 1. The van der Waals surface area contributed by atoms with Gasteiger partial charge in [0.2, 0.25) is 15.9 Å². The third-order valence-corrected chi connectivity index (χ3v) is 7.60. The Morgan fingerprint density at radius 2 is 1.69 bits per heavy atom. The molecule has 0 fully saturated rings. The van der Waals surface area contributed by atoms with Gasteiger partial charge in [-0.05, 0) is 85.9 Å². The fourth-order valence-corrected chi connectivity index (χ4v) is 5.74. The summed E-state index contributed by atoms with van der Waals surface area (Å²) in [4.78, 5) is 13.8. The minimum absolute atomic E-state index is 0.0132. The first-order valence-corrected chi connectivity index (χ1v) is 11.9. The van der Waals surface area contributed by atoms with Gasteiger partial charge in [0.05, 0.1) is 4.90 Å². The zero-order valence-electron chi connectivity index (χ0n) is 17.1. The van der Waals surface area contributed by atoms with Crippen LogP contribution in [-0.2, 0) is 34.1 Å². The van der Waals surface area contributed by atoms with Crippen LogP contribution in [-0.4, -0.2) is 20.9 Å². The van der Waals surface area contributed by atoms with E-state index in [0.717, 1.165) is 42.5 Å². The highest BCUT2D eigenvalue weighted by Crippen LogP contribution is 2.30. The number of anilines is 1. The Balaban J connectivity index is 1.56. The monoisotopic (exact) mass is 412 g/mol. The molecule has 0 saturated heterocycles. The lowest BCUT2D eigenvalue weighted by molar-refractivity contribution is -0.116. The predicted molar refractivity (Wildman–Crippen MR) is 115 cm³/mol. The Morgan fingerprint density at radius 3 is 2.45 bits per heavy atom. The molecule has 29 heavy (non-hydrogen) atoms. The largest absolute Gasteiger partial charge is 0.312 e. The Kier molecular flexibility index (Phi) is 5.49. The summed E-state index contributed by atoms with van der Waals surface area (Å²) in [5.74, 6) is -0.0132. The SMILES string of the molecule is CC(=O)N1CCCc2cc(S(=O)(=O)N[C@H](C)c3ccc4c(c3)CCCC4)ccc21. The molecule has 5 nitrogen and oxygen atoms in total. The molecule has 0 saturated carbocycles. The van der Waals surface area contributed by atoms with E-state index in [9.17, 15) is 13.2 Å². The van der Waals surface area contributed by atoms with Crippen LogP contribution in [0.4, 0.5) is 5.69 Å². The minimum Gasteiger partial charge on any atom is -0.312 e. The number of benzene rings is 2. The number of nitrogens with zero attached hydrogens (tertiary/aromatic N) is 1. The first kappa shape index (κ1) is 20.1. The molecule has 4 rings (SSSR count). The van der Waals surface area contributed by atoms with Gasteiger partial charge in [-0.15, -0.1) is 0 Å². The van der Waals surface area contributed by atoms with Crippen LogP contribution in [0.25, 0.3) is 0 Å². The van der Waals surface area contributed by atoms with Gasteiger partial charge >= 0.3 is 0 Å². The fourth-order valence-electron chi connectivity index (χ4n) is 4.46. The number of carbonyl (C=O) groups is 1. The second kappa shape index (κ2) is 7.92. The standard InChI is InChI=1S/C23H28N2O3S/c1-16(19-10-9-18-6-3-4-7-20(18)14-19)24-29(27,28)22-11-12-23-21(15-22)8-5-13-25(23)17(2)26/h9-12,14-16,24H,3-8,13H2,1-2H3/t16-/m1/s1. The van der Waals surface area contributed by atoms with Gasteiger partial charge in [-0.3, -0.25) is 4.79 Å². The van der Waals surface area contributed by atoms with Crippen LogP contribution in [0.15, 0.2) is 41.3 Å². The maximum Gasteiger partial charge on any atom is 0.241 e. The van der Waals surface area contributed by atoms with Gasteiger partial charge in [-0.2, -0.15) is 0 Å². The van der Waals surface area contributed by atoms with Gasteiger partial charge in [0, 0.05) is 25.2 Å². The molecular formula is C23H28N2O3S. The molecule has 0 spiro atoms. The molecule has 2 aliphatic rings. The molecule has 0 bridgehead atoms. The lowest BCUT2D eigenvalue weighted by atomic mass is 9.89. The number of fused-ring (bicyclic) bond motifs is 2. The van der Waals surface area contributed by atoms with Crippen LogP contribution in [0.3, 0.4) is 0 Å². The van der Waals surface area contributed by atoms with Crippen molar-refractivity contribution < 1.29 is 13.2 Å². The smallest absolute Gasteiger partial charge is 0.241 e. The van der Waals surface area contributed by atoms with Gasteiger partial charge in [0.1, 0.15) is 0 Å². The maximum absolute atomic E-state index is 13.0. The van der Waals surface area contributed by atoms with Crippen molar-refractivity contribution in [2.75, 3.05) is 11.4 Å². The molecule has 1 aliphatic carbocycles. The Morgan fingerprint density at radius 1 is 0.966 bits per heavy atom. The van der Waals surface area contributed by atoms with Gasteiger partial charge in [0.15, 0.2) is 0 Å². The number of hydrogen-bond acceptors (Lipinski definition) is 3. The van der Waals surface area contributed by atoms with Crippen LogP contribution in [0.2, 0.25) is 0 Å². The summed E-state index contributed by atoms with van der Waals surface area (Å²) in [6.45, 7) is 4.11. The summed E-state index contributed by atoms with van der Waals surface area (Å²) in [7, 11) is -3.65. The van der Waals surface area contributed by atoms with Gasteiger partial charge < -0.3 is 4.90 Å². The van der Waals surface area contributed by atoms with E-state index in [1.165, 1.54) is 24.0 Å². The van der Waals surface area contributed by atoms with Gasteiger partial charge in [-0.1, -0.05) is 18.2 Å². The van der Waals surface area contributed by atoms with E-state index in [1.54, 1.807) is 30.0 Å². The second-order valence-electron chi connectivity index (χ2n) is 8.14. The molecule has 154 valence electrons. The second-order valence-corrected chi connectivity index (χ2v) is 9.86. The Bertz CT molecular complexity index is 1050. The van der Waals surface area contributed by atoms with E-state index < -0.39 is 10.0 Å². The first-order valence-electron chi connectivity index (χ1n) is 10.4. The molecule has 0 unspecified atom stereocenters. The van der Waals surface area contributed by atoms with Crippen molar-refractivity contribution >= 4 is 21.6 Å². The quantitative estimate of drug-likeness (QED) is 0.828. The minimum atomic E-state index is -3.65. The summed E-state index contributed by atoms with van der Waals surface area (Å²) in [6, 6.07) is 11.1. The highest BCUT2D eigenvalue weighted by Gasteiger charge is 2.24. The highest BCUT2D eigenvalue weighted by molar-refractivity contribution is 7.89. The molecule has 1 amide bonds. The van der Waals surface area contributed by atoms with Crippen LogP contribution in [0.5, 0.6) is 0 Å². The van der Waals surface area contributed by atoms with E-state index in [0.29, 0.717) is 6.54 Å². The van der Waals surface area contributed by atoms with E-state index >= 15 is 0 Å². The topological polar surface area (TPSA) is 66.5 Å². The molecule has 1 aliphatic heterocycles. The third-order valence-electron chi connectivity index (χ3n) is 6.06. The summed E-state index contributed by atoms with van der Waals surface area (Å²) >= 11 is 0. The summed E-state index contributed by atoms with van der Waals surface area (Å²) in [6.07, 6.45) is 6.23. The highest BCUT2D eigenvalue weighted by atomic mass is 32.2. The van der Waals surface area contributed by atoms with Crippen molar-refractivity contribution in [1.29, 1.82) is 0 Å². The van der Waals surface area contributed by atoms with E-state index in [4.69, 9.17) is 0 Å². The number of aryl methyl sites for hydroxylation is 3. The van der Waals surface area contributed by atoms with Crippen LogP contribution < -0.4 is 9.62 Å². The summed E-state index contributed by atoms with van der Waals surface area (Å²) in [5.41, 5.74) is 5.47. The van der Waals surface area contributed by atoms with Crippen molar-refractivity contribution in [1.82, 2.24) is 4.72 Å². The fraction of sp³-hybridized carbons (Fsp3) is 0.435. The van der Waals surface area contributed by atoms with Crippen LogP contribution >= 0.6 is 0 Å². The predicted octanol–water partition coefficient (Wildman–Crippen LogP) is 3.90. The van der Waals surface area contributed by atoms with Crippen LogP contribution in [0, 0.1) is 0 Å². The molecule has 0 radical (unpaired) electrons.